The Morgan fingerprint density at radius 2 is 2.25 bits per heavy atom. The number of nitro benzene ring substituents is 1. The van der Waals surface area contributed by atoms with Crippen molar-refractivity contribution in [3.63, 3.8) is 0 Å². The van der Waals surface area contributed by atoms with Gasteiger partial charge in [0.15, 0.2) is 5.82 Å². The van der Waals surface area contributed by atoms with Gasteiger partial charge in [0, 0.05) is 12.7 Å². The van der Waals surface area contributed by atoms with Crippen LogP contribution in [-0.4, -0.2) is 16.5 Å². The summed E-state index contributed by atoms with van der Waals surface area (Å²) in [6.07, 6.45) is 2.38. The fourth-order valence-corrected chi connectivity index (χ4v) is 2.00. The number of rotatable bonds is 5. The molecule has 0 unspecified atom stereocenters. The summed E-state index contributed by atoms with van der Waals surface area (Å²) in [4.78, 5) is 14.5. The molecule has 0 aliphatic heterocycles. The van der Waals surface area contributed by atoms with Crippen molar-refractivity contribution in [3.05, 3.63) is 40.3 Å². The van der Waals surface area contributed by atoms with Crippen LogP contribution in [0.5, 0.6) is 0 Å². The number of benzene rings is 1. The first-order chi connectivity index (χ1) is 9.50. The average Bonchev–Trinajstić information content (AvgIpc) is 2.40. The summed E-state index contributed by atoms with van der Waals surface area (Å²) >= 11 is 0. The number of aromatic nitrogens is 1. The van der Waals surface area contributed by atoms with Gasteiger partial charge in [-0.15, -0.1) is 0 Å². The third-order valence-electron chi connectivity index (χ3n) is 3.04. The summed E-state index contributed by atoms with van der Waals surface area (Å²) in [6, 6.07) is 4.13. The lowest BCUT2D eigenvalue weighted by Gasteiger charge is -2.11. The molecule has 2 rings (SSSR count). The summed E-state index contributed by atoms with van der Waals surface area (Å²) in [5.74, 6) is -0.158. The topological polar surface area (TPSA) is 68.1 Å². The Bertz CT molecular complexity index is 644. The molecular weight excluding hydrogens is 261 g/mol. The maximum absolute atomic E-state index is 14.1. The van der Waals surface area contributed by atoms with E-state index in [9.17, 15) is 14.5 Å². The molecule has 0 saturated carbocycles. The molecule has 0 atom stereocenters. The van der Waals surface area contributed by atoms with E-state index in [1.54, 1.807) is 12.1 Å². The molecule has 1 N–H and O–H groups in total. The maximum Gasteiger partial charge on any atom is 0.281 e. The molecule has 0 fully saturated rings. The van der Waals surface area contributed by atoms with Gasteiger partial charge in [0.25, 0.3) is 5.69 Å². The Labute approximate surface area is 116 Å². The molecule has 0 aliphatic carbocycles. The zero-order valence-electron chi connectivity index (χ0n) is 11.4. The van der Waals surface area contributed by atoms with Crippen LogP contribution in [0.1, 0.15) is 20.3 Å². The Balaban J connectivity index is 2.47. The highest BCUT2D eigenvalue weighted by Crippen LogP contribution is 2.32. The molecule has 6 heteroatoms. The van der Waals surface area contributed by atoms with E-state index in [0.717, 1.165) is 12.5 Å². The second-order valence-corrected chi connectivity index (χ2v) is 5.02. The van der Waals surface area contributed by atoms with Gasteiger partial charge in [0.05, 0.1) is 22.1 Å². The van der Waals surface area contributed by atoms with Crippen molar-refractivity contribution in [2.75, 3.05) is 11.9 Å². The zero-order chi connectivity index (χ0) is 14.7. The van der Waals surface area contributed by atoms with Crippen LogP contribution in [0, 0.1) is 21.8 Å². The van der Waals surface area contributed by atoms with Gasteiger partial charge in [0.1, 0.15) is 5.52 Å². The van der Waals surface area contributed by atoms with Gasteiger partial charge in [-0.05, 0) is 24.5 Å². The summed E-state index contributed by atoms with van der Waals surface area (Å²) < 4.78 is 14.1. The third-order valence-corrected chi connectivity index (χ3v) is 3.04. The minimum atomic E-state index is -0.647. The van der Waals surface area contributed by atoms with Crippen molar-refractivity contribution in [3.8, 4) is 0 Å². The number of pyridine rings is 1. The summed E-state index contributed by atoms with van der Waals surface area (Å²) in [6.45, 7) is 4.74. The third kappa shape index (κ3) is 2.84. The van der Waals surface area contributed by atoms with Crippen molar-refractivity contribution in [1.82, 2.24) is 4.98 Å². The Kier molecular flexibility index (Phi) is 4.12. The number of hydrogen-bond acceptors (Lipinski definition) is 4. The Morgan fingerprint density at radius 3 is 2.90 bits per heavy atom. The van der Waals surface area contributed by atoms with E-state index >= 15 is 0 Å². The van der Waals surface area contributed by atoms with Crippen LogP contribution in [0.2, 0.25) is 0 Å². The number of nitrogens with one attached hydrogen (secondary N) is 1. The van der Waals surface area contributed by atoms with E-state index < -0.39 is 10.7 Å². The van der Waals surface area contributed by atoms with Gasteiger partial charge < -0.3 is 5.32 Å². The smallest absolute Gasteiger partial charge is 0.281 e. The van der Waals surface area contributed by atoms with Gasteiger partial charge in [0.2, 0.25) is 0 Å². The fraction of sp³-hybridized carbons (Fsp3) is 0.357. The van der Waals surface area contributed by atoms with E-state index in [-0.39, 0.29) is 11.4 Å². The van der Waals surface area contributed by atoms with Crippen LogP contribution >= 0.6 is 0 Å². The number of halogens is 1. The van der Waals surface area contributed by atoms with Crippen LogP contribution in [-0.2, 0) is 0 Å². The van der Waals surface area contributed by atoms with E-state index in [0.29, 0.717) is 23.4 Å². The Hall–Kier alpha value is -2.24. The molecule has 0 aliphatic rings. The maximum atomic E-state index is 14.1. The molecule has 5 nitrogen and oxygen atoms in total. The quantitative estimate of drug-likeness (QED) is 0.667. The van der Waals surface area contributed by atoms with E-state index in [4.69, 9.17) is 0 Å². The molecule has 2 aromatic rings. The predicted octanol–water partition coefficient (Wildman–Crippen LogP) is 3.74. The van der Waals surface area contributed by atoms with E-state index in [1.165, 1.54) is 6.20 Å². The lowest BCUT2D eigenvalue weighted by molar-refractivity contribution is -0.383. The normalized spacial score (nSPS) is 11.0. The molecule has 0 amide bonds. The van der Waals surface area contributed by atoms with Crippen molar-refractivity contribution in [2.24, 2.45) is 5.92 Å². The van der Waals surface area contributed by atoms with Gasteiger partial charge in [-0.2, -0.15) is 0 Å². The molecular formula is C14H16FN3O2. The number of anilines is 1. The molecule has 0 bridgehead atoms. The molecule has 0 radical (unpaired) electrons. The second-order valence-electron chi connectivity index (χ2n) is 5.02. The van der Waals surface area contributed by atoms with Crippen molar-refractivity contribution >= 4 is 22.3 Å². The highest BCUT2D eigenvalue weighted by molar-refractivity contribution is 5.97. The zero-order valence-corrected chi connectivity index (χ0v) is 11.4. The first-order valence-electron chi connectivity index (χ1n) is 6.46. The SMILES string of the molecule is CC(C)CCNc1c(F)cc([N+](=O)[O-])c2cccnc12. The molecule has 1 aromatic carbocycles. The lowest BCUT2D eigenvalue weighted by Crippen LogP contribution is -2.08. The van der Waals surface area contributed by atoms with Crippen molar-refractivity contribution in [2.45, 2.75) is 20.3 Å². The average molecular weight is 277 g/mol. The Morgan fingerprint density at radius 1 is 1.50 bits per heavy atom. The number of non-ortho nitro benzene ring substituents is 1. The van der Waals surface area contributed by atoms with Crippen LogP contribution in [0.3, 0.4) is 0 Å². The minimum Gasteiger partial charge on any atom is -0.381 e. The van der Waals surface area contributed by atoms with Gasteiger partial charge in [-0.3, -0.25) is 15.1 Å². The van der Waals surface area contributed by atoms with Crippen LogP contribution in [0.25, 0.3) is 10.9 Å². The lowest BCUT2D eigenvalue weighted by atomic mass is 10.1. The standard InChI is InChI=1S/C14H16FN3O2/c1-9(2)5-7-17-14-11(15)8-12(18(19)20)10-4-3-6-16-13(10)14/h3-4,6,8-9,17H,5,7H2,1-2H3. The first kappa shape index (κ1) is 14.2. The number of hydrogen-bond donors (Lipinski definition) is 1. The van der Waals surface area contributed by atoms with E-state index in [1.807, 2.05) is 0 Å². The largest absolute Gasteiger partial charge is 0.381 e. The molecule has 106 valence electrons. The summed E-state index contributed by atoms with van der Waals surface area (Å²) in [5, 5.41) is 14.3. The summed E-state index contributed by atoms with van der Waals surface area (Å²) in [7, 11) is 0. The van der Waals surface area contributed by atoms with Crippen LogP contribution in [0.15, 0.2) is 24.4 Å². The van der Waals surface area contributed by atoms with Gasteiger partial charge in [-0.25, -0.2) is 4.39 Å². The minimum absolute atomic E-state index is 0.229. The number of nitrogens with zero attached hydrogens (tertiary/aromatic N) is 2. The van der Waals surface area contributed by atoms with Gasteiger partial charge >= 0.3 is 0 Å². The highest BCUT2D eigenvalue weighted by Gasteiger charge is 2.19. The fourth-order valence-electron chi connectivity index (χ4n) is 2.00. The highest BCUT2D eigenvalue weighted by atomic mass is 19.1. The second kappa shape index (κ2) is 5.81. The molecule has 20 heavy (non-hydrogen) atoms. The van der Waals surface area contributed by atoms with Crippen molar-refractivity contribution < 1.29 is 9.31 Å². The van der Waals surface area contributed by atoms with Crippen LogP contribution < -0.4 is 5.32 Å². The number of nitro groups is 1. The molecule has 1 heterocycles. The molecule has 1 aromatic heterocycles. The monoisotopic (exact) mass is 277 g/mol. The van der Waals surface area contributed by atoms with Gasteiger partial charge in [-0.1, -0.05) is 13.8 Å². The molecule has 0 saturated heterocycles. The predicted molar refractivity (Wildman–Crippen MR) is 76.3 cm³/mol. The van der Waals surface area contributed by atoms with Crippen molar-refractivity contribution in [1.29, 1.82) is 0 Å². The summed E-state index contributed by atoms with van der Waals surface area (Å²) in [5.41, 5.74) is 0.259. The van der Waals surface area contributed by atoms with E-state index in [2.05, 4.69) is 24.1 Å². The van der Waals surface area contributed by atoms with Crippen LogP contribution in [0.4, 0.5) is 15.8 Å². The molecule has 0 spiro atoms. The first-order valence-corrected chi connectivity index (χ1v) is 6.46. The number of fused-ring (bicyclic) bond motifs is 1.